The standard InChI is InChI=1S/3C10H6F16O/c2*1-4(12,13)5(14,15)2-27-6(16,3(11)7(17,18)19)8(20,9(21,22)23)10(24,25)26;1-4(12,13)5(14,15)2-27-7(17,10(24,25)26)3(11)6(16,8(18,19)20)9(21,22)23/h3*3H,2H2,1H3. The molecule has 0 bridgehead atoms. The van der Waals surface area contributed by atoms with E-state index in [0.29, 0.717) is 0 Å². The van der Waals surface area contributed by atoms with Crippen LogP contribution in [0.1, 0.15) is 20.8 Å². The first-order valence-electron chi connectivity index (χ1n) is 17.9. The van der Waals surface area contributed by atoms with Gasteiger partial charge >= 0.3 is 126 Å². The Morgan fingerprint density at radius 1 is 0.235 bits per heavy atom. The van der Waals surface area contributed by atoms with Gasteiger partial charge in [-0.3, -0.25) is 0 Å². The lowest BCUT2D eigenvalue weighted by Gasteiger charge is -2.42. The van der Waals surface area contributed by atoms with Gasteiger partial charge in [-0.15, -0.1) is 0 Å². The first-order valence-corrected chi connectivity index (χ1v) is 17.9. The predicted molar refractivity (Wildman–Crippen MR) is 157 cm³/mol. The fraction of sp³-hybridized carbons (Fsp3) is 1.00. The molecule has 0 aliphatic heterocycles. The molecule has 0 aromatic heterocycles. The molecular weight excluding hydrogens is 1320 g/mol. The van der Waals surface area contributed by atoms with Crippen molar-refractivity contribution in [3.8, 4) is 0 Å². The topological polar surface area (TPSA) is 27.7 Å². The highest BCUT2D eigenvalue weighted by atomic mass is 19.5. The van der Waals surface area contributed by atoms with E-state index in [2.05, 4.69) is 14.2 Å². The summed E-state index contributed by atoms with van der Waals surface area (Å²) in [5.41, 5.74) is -23.3. The summed E-state index contributed by atoms with van der Waals surface area (Å²) >= 11 is 0. The summed E-state index contributed by atoms with van der Waals surface area (Å²) in [6, 6.07) is 0. The van der Waals surface area contributed by atoms with Crippen molar-refractivity contribution in [1.29, 1.82) is 0 Å². The molecule has 81 heavy (non-hydrogen) atoms. The molecule has 0 saturated heterocycles. The van der Waals surface area contributed by atoms with Crippen LogP contribution in [0.5, 0.6) is 0 Å². The van der Waals surface area contributed by atoms with Gasteiger partial charge in [-0.2, -0.15) is 149 Å². The average Bonchev–Trinajstić information content (AvgIpc) is 3.17. The van der Waals surface area contributed by atoms with E-state index in [4.69, 9.17) is 0 Å². The number of rotatable bonds is 18. The van der Waals surface area contributed by atoms with Gasteiger partial charge in [0.2, 0.25) is 6.17 Å². The van der Waals surface area contributed by atoms with Crippen molar-refractivity contribution in [3.05, 3.63) is 0 Å². The average molecular weight is 1340 g/mol. The Kier molecular flexibility index (Phi) is 23.3. The van der Waals surface area contributed by atoms with Crippen molar-refractivity contribution < 1.29 is 225 Å². The van der Waals surface area contributed by atoms with Crippen molar-refractivity contribution in [2.24, 2.45) is 0 Å². The van der Waals surface area contributed by atoms with E-state index < -0.39 is 185 Å². The molecule has 0 N–H and O–H groups in total. The first kappa shape index (κ1) is 81.7. The third-order valence-corrected chi connectivity index (χ3v) is 8.93. The van der Waals surface area contributed by atoms with Crippen LogP contribution < -0.4 is 0 Å². The molecule has 0 rings (SSSR count). The van der Waals surface area contributed by atoms with Crippen LogP contribution in [0.3, 0.4) is 0 Å². The van der Waals surface area contributed by atoms with Crippen molar-refractivity contribution in [2.45, 2.75) is 165 Å². The maximum Gasteiger partial charge on any atom is 0.451 e. The minimum absolute atomic E-state index is 0.693. The van der Waals surface area contributed by atoms with Crippen LogP contribution in [-0.4, -0.2) is 164 Å². The van der Waals surface area contributed by atoms with Gasteiger partial charge in [-0.1, -0.05) is 0 Å². The zero-order valence-corrected chi connectivity index (χ0v) is 36.7. The quantitative estimate of drug-likeness (QED) is 0.128. The SMILES string of the molecule is CC(F)(F)C(F)(F)COC(F)(C(F)C(F)(C(F)(F)F)C(F)(F)F)C(F)(F)F.CC(F)(F)C(F)(F)COC(F)(C(F)C(F)(F)F)C(F)(C(F)(F)F)C(F)(F)F.CC(F)(F)C(F)(F)COC(F)(C(F)C(F)(F)F)C(F)(C(F)(F)F)C(F)(F)F. The smallest absolute Gasteiger partial charge is 0.334 e. The van der Waals surface area contributed by atoms with Crippen LogP contribution in [-0.2, 0) is 14.2 Å². The Morgan fingerprint density at radius 3 is 0.531 bits per heavy atom. The van der Waals surface area contributed by atoms with Gasteiger partial charge in [0.15, 0.2) is 0 Å². The zero-order chi connectivity index (χ0) is 67.5. The van der Waals surface area contributed by atoms with Gasteiger partial charge in [0.05, 0.1) is 0 Å². The first-order chi connectivity index (χ1) is 34.1. The third-order valence-electron chi connectivity index (χ3n) is 8.93. The minimum Gasteiger partial charge on any atom is -0.334 e. The van der Waals surface area contributed by atoms with Crippen molar-refractivity contribution in [2.75, 3.05) is 19.8 Å². The molecule has 51 heteroatoms. The molecule has 0 spiro atoms. The molecule has 6 unspecified atom stereocenters. The maximum absolute atomic E-state index is 13.9. The second-order valence-electron chi connectivity index (χ2n) is 15.3. The van der Waals surface area contributed by atoms with Gasteiger partial charge in [0, 0.05) is 20.8 Å². The maximum atomic E-state index is 13.9. The molecule has 0 fully saturated rings. The van der Waals surface area contributed by atoms with Crippen LogP contribution in [0, 0.1) is 0 Å². The van der Waals surface area contributed by atoms with Crippen molar-refractivity contribution in [3.63, 3.8) is 0 Å². The molecule has 3 nitrogen and oxygen atoms in total. The number of ether oxygens (including phenoxy) is 3. The van der Waals surface area contributed by atoms with Gasteiger partial charge < -0.3 is 14.2 Å². The fourth-order valence-electron chi connectivity index (χ4n) is 4.18. The Hall–Kier alpha value is -3.48. The summed E-state index contributed by atoms with van der Waals surface area (Å²) in [7, 11) is 0. The number of alkyl halides is 48. The van der Waals surface area contributed by atoms with E-state index in [1.54, 1.807) is 0 Å². The lowest BCUT2D eigenvalue weighted by atomic mass is 9.90. The Balaban J connectivity index is -0.00000113. The lowest BCUT2D eigenvalue weighted by molar-refractivity contribution is -0.447. The molecular formula is C30H18F48O3. The molecule has 0 saturated carbocycles. The molecule has 6 atom stereocenters. The van der Waals surface area contributed by atoms with Crippen LogP contribution in [0.25, 0.3) is 0 Å². The molecule has 0 heterocycles. The largest absolute Gasteiger partial charge is 0.451 e. The Labute approximate surface area is 411 Å². The second kappa shape index (κ2) is 23.1. The summed E-state index contributed by atoms with van der Waals surface area (Å²) in [6.45, 7) is -13.0. The normalized spacial score (nSPS) is 19.0. The zero-order valence-electron chi connectivity index (χ0n) is 36.7. The number of hydrogen-bond acceptors (Lipinski definition) is 3. The predicted octanol–water partition coefficient (Wildman–Crippen LogP) is 17.1. The van der Waals surface area contributed by atoms with Crippen molar-refractivity contribution >= 4 is 0 Å². The van der Waals surface area contributed by atoms with Crippen LogP contribution in [0.15, 0.2) is 0 Å². The number of hydrogen-bond donors (Lipinski definition) is 0. The molecule has 0 aromatic carbocycles. The van der Waals surface area contributed by atoms with Crippen molar-refractivity contribution in [1.82, 2.24) is 0 Å². The van der Waals surface area contributed by atoms with E-state index in [1.807, 2.05) is 0 Å². The Morgan fingerprint density at radius 2 is 0.407 bits per heavy atom. The molecule has 0 radical (unpaired) electrons. The molecule has 0 aromatic rings. The summed E-state index contributed by atoms with van der Waals surface area (Å²) in [6.07, 6.45) is -86.2. The summed E-state index contributed by atoms with van der Waals surface area (Å²) in [5.74, 6) is -55.3. The van der Waals surface area contributed by atoms with E-state index in [0.717, 1.165) is 0 Å². The van der Waals surface area contributed by atoms with E-state index in [-0.39, 0.29) is 0 Å². The molecule has 0 amide bonds. The van der Waals surface area contributed by atoms with Crippen LogP contribution in [0.2, 0.25) is 0 Å². The van der Waals surface area contributed by atoms with Gasteiger partial charge in [0.1, 0.15) is 19.8 Å². The number of halogens is 48. The monoisotopic (exact) mass is 1340 g/mol. The summed E-state index contributed by atoms with van der Waals surface area (Å²) < 4.78 is 613. The van der Waals surface area contributed by atoms with Crippen LogP contribution >= 0.6 is 0 Å². The van der Waals surface area contributed by atoms with E-state index in [9.17, 15) is 211 Å². The third kappa shape index (κ3) is 16.3. The summed E-state index contributed by atoms with van der Waals surface area (Å²) in [4.78, 5) is 0. The van der Waals surface area contributed by atoms with Gasteiger partial charge in [0.25, 0.3) is 12.3 Å². The molecule has 0 aliphatic rings. The van der Waals surface area contributed by atoms with Gasteiger partial charge in [-0.05, 0) is 0 Å². The molecule has 492 valence electrons. The Bertz CT molecular complexity index is 1840. The van der Waals surface area contributed by atoms with Gasteiger partial charge in [-0.25, -0.2) is 61.5 Å². The van der Waals surface area contributed by atoms with E-state index >= 15 is 0 Å². The highest BCUT2D eigenvalue weighted by molar-refractivity contribution is 5.13. The second-order valence-corrected chi connectivity index (χ2v) is 15.3. The molecule has 0 aliphatic carbocycles. The van der Waals surface area contributed by atoms with Crippen LogP contribution in [0.4, 0.5) is 211 Å². The highest BCUT2D eigenvalue weighted by Crippen LogP contribution is 2.61. The lowest BCUT2D eigenvalue weighted by Crippen LogP contribution is -2.72. The summed E-state index contributed by atoms with van der Waals surface area (Å²) in [5, 5.41) is 0. The van der Waals surface area contributed by atoms with E-state index in [1.165, 1.54) is 0 Å². The fourth-order valence-corrected chi connectivity index (χ4v) is 4.18. The highest BCUT2D eigenvalue weighted by Gasteiger charge is 2.90. The minimum atomic E-state index is -7.86.